The van der Waals surface area contributed by atoms with Crippen molar-refractivity contribution in [3.63, 3.8) is 0 Å². The van der Waals surface area contributed by atoms with E-state index in [9.17, 15) is 0 Å². The van der Waals surface area contributed by atoms with Gasteiger partial charge in [0.25, 0.3) is 0 Å². The molecule has 0 aromatic rings. The van der Waals surface area contributed by atoms with Crippen molar-refractivity contribution in [2.75, 3.05) is 7.11 Å². The van der Waals surface area contributed by atoms with Crippen molar-refractivity contribution < 1.29 is 25.2 Å². The first kappa shape index (κ1) is 20.9. The van der Waals surface area contributed by atoms with Gasteiger partial charge in [0, 0.05) is 27.2 Å². The summed E-state index contributed by atoms with van der Waals surface area (Å²) in [5.41, 5.74) is 0. The molecule has 0 atom stereocenters. The third-order valence-electron chi connectivity index (χ3n) is 2.67. The molecule has 0 saturated carbocycles. The van der Waals surface area contributed by atoms with Crippen LogP contribution in [-0.4, -0.2) is 12.2 Å². The first-order chi connectivity index (χ1) is 9.00. The Labute approximate surface area is 132 Å². The number of aliphatic hydroxyl groups excluding tert-OH is 1. The molecule has 0 spiro atoms. The van der Waals surface area contributed by atoms with Gasteiger partial charge in [-0.1, -0.05) is 48.6 Å². The van der Waals surface area contributed by atoms with Gasteiger partial charge in [-0.05, 0) is 51.4 Å². The molecule has 0 unspecified atom stereocenters. The third kappa shape index (κ3) is 17.6. The molecule has 2 aliphatic carbocycles. The molecule has 0 aliphatic heterocycles. The van der Waals surface area contributed by atoms with Crippen molar-refractivity contribution in [3.05, 3.63) is 48.6 Å². The van der Waals surface area contributed by atoms with Crippen molar-refractivity contribution >= 4 is 0 Å². The molecular weight excluding hydrogens is 412 g/mol. The van der Waals surface area contributed by atoms with E-state index in [-0.39, 0.29) is 20.1 Å². The fraction of sp³-hybridized carbons (Fsp3) is 0.529. The van der Waals surface area contributed by atoms with E-state index in [1.807, 2.05) is 0 Å². The Morgan fingerprint density at radius 2 is 0.526 bits per heavy atom. The Morgan fingerprint density at radius 3 is 0.632 bits per heavy atom. The second-order valence-corrected chi connectivity index (χ2v) is 4.20. The van der Waals surface area contributed by atoms with E-state index in [1.165, 1.54) is 51.4 Å². The van der Waals surface area contributed by atoms with Crippen LogP contribution in [0, 0.1) is 0 Å². The summed E-state index contributed by atoms with van der Waals surface area (Å²) in [7, 11) is 1.00. The zero-order valence-electron chi connectivity index (χ0n) is 12.1. The predicted molar refractivity (Wildman–Crippen MR) is 81.6 cm³/mol. The molecule has 1 nitrogen and oxygen atoms in total. The molecule has 0 fully saturated rings. The Bertz CT molecular complexity index is 184. The molecule has 2 heteroatoms. The van der Waals surface area contributed by atoms with Crippen molar-refractivity contribution in [2.45, 2.75) is 51.4 Å². The molecule has 19 heavy (non-hydrogen) atoms. The first-order valence-electron chi connectivity index (χ1n) is 7.05. The van der Waals surface area contributed by atoms with E-state index in [0.717, 1.165) is 7.11 Å². The quantitative estimate of drug-likeness (QED) is 0.529. The monoisotopic (exact) mass is 441 g/mol. The maximum Gasteiger partial charge on any atom is 0.0319 e. The SMILES string of the molecule is C1=CCC/C=C\CC1.C1=CCC/C=C\CC1.CO.[Ir]. The van der Waals surface area contributed by atoms with Gasteiger partial charge >= 0.3 is 0 Å². The molecule has 0 bridgehead atoms. The summed E-state index contributed by atoms with van der Waals surface area (Å²) in [5.74, 6) is 0. The van der Waals surface area contributed by atoms with Crippen molar-refractivity contribution in [1.29, 1.82) is 0 Å². The summed E-state index contributed by atoms with van der Waals surface area (Å²) in [5, 5.41) is 7.00. The number of hydrogen-bond donors (Lipinski definition) is 1. The molecule has 0 saturated heterocycles. The van der Waals surface area contributed by atoms with Crippen LogP contribution in [-0.2, 0) is 20.1 Å². The maximum absolute atomic E-state index is 7.00. The summed E-state index contributed by atoms with van der Waals surface area (Å²) in [4.78, 5) is 0. The summed E-state index contributed by atoms with van der Waals surface area (Å²) in [6.07, 6.45) is 28.0. The van der Waals surface area contributed by atoms with Gasteiger partial charge in [0.1, 0.15) is 0 Å². The Balaban J connectivity index is 0. The summed E-state index contributed by atoms with van der Waals surface area (Å²) in [6, 6.07) is 0. The van der Waals surface area contributed by atoms with Gasteiger partial charge in [-0.25, -0.2) is 0 Å². The zero-order chi connectivity index (χ0) is 13.3. The van der Waals surface area contributed by atoms with Gasteiger partial charge in [0.05, 0.1) is 0 Å². The average Bonchev–Trinajstić information content (AvgIpc) is 2.30. The normalized spacial score (nSPS) is 20.5. The minimum Gasteiger partial charge on any atom is -0.400 e. The van der Waals surface area contributed by atoms with Gasteiger partial charge in [0.2, 0.25) is 0 Å². The maximum atomic E-state index is 7.00. The van der Waals surface area contributed by atoms with E-state index in [1.54, 1.807) is 0 Å². The van der Waals surface area contributed by atoms with Gasteiger partial charge in [-0.2, -0.15) is 0 Å². The van der Waals surface area contributed by atoms with Crippen LogP contribution in [0.3, 0.4) is 0 Å². The largest absolute Gasteiger partial charge is 0.400 e. The minimum absolute atomic E-state index is 0. The van der Waals surface area contributed by atoms with Crippen molar-refractivity contribution in [2.24, 2.45) is 0 Å². The molecule has 2 rings (SSSR count). The number of allylic oxidation sites excluding steroid dienone is 8. The second kappa shape index (κ2) is 19.9. The molecule has 0 aromatic heterocycles. The Kier molecular flexibility index (Phi) is 21.9. The molecule has 1 radical (unpaired) electrons. The van der Waals surface area contributed by atoms with Gasteiger partial charge in [-0.3, -0.25) is 0 Å². The van der Waals surface area contributed by atoms with Crippen LogP contribution in [0.1, 0.15) is 51.4 Å². The third-order valence-corrected chi connectivity index (χ3v) is 2.67. The van der Waals surface area contributed by atoms with Gasteiger partial charge in [-0.15, -0.1) is 0 Å². The standard InChI is InChI=1S/2C8H12.CH4O.Ir/c2*1-2-4-6-8-7-5-3-1;1-2;/h2*1-2,7-8H,3-6H2;2H,1H3;/b2*2-1-,8-7?;;. The fourth-order valence-electron chi connectivity index (χ4n) is 1.71. The van der Waals surface area contributed by atoms with E-state index in [0.29, 0.717) is 0 Å². The molecular formula is C17H28IrO. The average molecular weight is 441 g/mol. The van der Waals surface area contributed by atoms with E-state index < -0.39 is 0 Å². The van der Waals surface area contributed by atoms with Crippen LogP contribution in [0.5, 0.6) is 0 Å². The minimum atomic E-state index is 0. The van der Waals surface area contributed by atoms with Crippen LogP contribution in [0.4, 0.5) is 0 Å². The Morgan fingerprint density at radius 1 is 0.421 bits per heavy atom. The van der Waals surface area contributed by atoms with E-state index >= 15 is 0 Å². The van der Waals surface area contributed by atoms with Crippen LogP contribution < -0.4 is 0 Å². The van der Waals surface area contributed by atoms with E-state index in [4.69, 9.17) is 5.11 Å². The first-order valence-corrected chi connectivity index (χ1v) is 7.05. The van der Waals surface area contributed by atoms with Crippen molar-refractivity contribution in [3.8, 4) is 0 Å². The molecule has 0 amide bonds. The topological polar surface area (TPSA) is 20.2 Å². The van der Waals surface area contributed by atoms with Crippen LogP contribution >= 0.6 is 0 Å². The number of hydrogen-bond acceptors (Lipinski definition) is 1. The molecule has 111 valence electrons. The van der Waals surface area contributed by atoms with Gasteiger partial charge < -0.3 is 5.11 Å². The second-order valence-electron chi connectivity index (χ2n) is 4.20. The molecule has 0 aromatic carbocycles. The summed E-state index contributed by atoms with van der Waals surface area (Å²) in [6.45, 7) is 0. The summed E-state index contributed by atoms with van der Waals surface area (Å²) >= 11 is 0. The zero-order valence-corrected chi connectivity index (χ0v) is 14.5. The molecule has 1 N–H and O–H groups in total. The summed E-state index contributed by atoms with van der Waals surface area (Å²) < 4.78 is 0. The number of rotatable bonds is 0. The smallest absolute Gasteiger partial charge is 0.0319 e. The Hall–Kier alpha value is -0.431. The fourth-order valence-corrected chi connectivity index (χ4v) is 1.71. The van der Waals surface area contributed by atoms with Gasteiger partial charge in [0.15, 0.2) is 0 Å². The molecule has 0 heterocycles. The van der Waals surface area contributed by atoms with Crippen LogP contribution in [0.15, 0.2) is 48.6 Å². The molecule has 2 aliphatic rings. The van der Waals surface area contributed by atoms with Crippen LogP contribution in [0.2, 0.25) is 0 Å². The predicted octanol–water partition coefficient (Wildman–Crippen LogP) is 4.95. The number of aliphatic hydroxyl groups is 1. The van der Waals surface area contributed by atoms with Crippen LogP contribution in [0.25, 0.3) is 0 Å². The van der Waals surface area contributed by atoms with Crippen molar-refractivity contribution in [1.82, 2.24) is 0 Å². The van der Waals surface area contributed by atoms with E-state index in [2.05, 4.69) is 48.6 Å².